The molecular formula is C23H26N4O2. The normalized spacial score (nSPS) is 18.7. The van der Waals surface area contributed by atoms with Gasteiger partial charge in [-0.25, -0.2) is 0 Å². The Bertz CT molecular complexity index is 940. The van der Waals surface area contributed by atoms with Crippen LogP contribution in [0.1, 0.15) is 24.0 Å². The van der Waals surface area contributed by atoms with Gasteiger partial charge in [0.25, 0.3) is 0 Å². The van der Waals surface area contributed by atoms with E-state index in [-0.39, 0.29) is 12.0 Å². The van der Waals surface area contributed by atoms with Crippen molar-refractivity contribution in [1.29, 1.82) is 0 Å². The first-order chi connectivity index (χ1) is 14.2. The number of aromatic nitrogens is 2. The maximum absolute atomic E-state index is 12.5. The van der Waals surface area contributed by atoms with Crippen molar-refractivity contribution in [3.8, 4) is 11.3 Å². The molecule has 0 aliphatic carbocycles. The lowest BCUT2D eigenvalue weighted by Crippen LogP contribution is -2.35. The lowest BCUT2D eigenvalue weighted by Gasteiger charge is -2.12. The van der Waals surface area contributed by atoms with Gasteiger partial charge in [-0.2, -0.15) is 5.10 Å². The number of carbonyl (C=O) groups excluding carboxylic acids is 1. The Kier molecular flexibility index (Phi) is 6.03. The van der Waals surface area contributed by atoms with Crippen LogP contribution in [0.15, 0.2) is 66.9 Å². The van der Waals surface area contributed by atoms with E-state index < -0.39 is 6.10 Å². The summed E-state index contributed by atoms with van der Waals surface area (Å²) >= 11 is 0. The van der Waals surface area contributed by atoms with E-state index in [0.717, 1.165) is 23.2 Å². The first-order valence-electron chi connectivity index (χ1n) is 10.0. The van der Waals surface area contributed by atoms with E-state index in [2.05, 4.69) is 17.4 Å². The molecule has 2 aromatic carbocycles. The smallest absolute Gasteiger partial charge is 0.249 e. The number of nitrogens with two attached hydrogens (primary N) is 1. The highest BCUT2D eigenvalue weighted by molar-refractivity contribution is 5.81. The molecule has 1 saturated heterocycles. The molecule has 0 unspecified atom stereocenters. The minimum absolute atomic E-state index is 0.0146. The zero-order valence-electron chi connectivity index (χ0n) is 16.3. The fourth-order valence-electron chi connectivity index (χ4n) is 3.65. The van der Waals surface area contributed by atoms with Crippen LogP contribution >= 0.6 is 0 Å². The molecule has 2 heterocycles. The van der Waals surface area contributed by atoms with Gasteiger partial charge in [0.1, 0.15) is 6.10 Å². The van der Waals surface area contributed by atoms with E-state index >= 15 is 0 Å². The molecule has 6 heteroatoms. The molecule has 1 aliphatic rings. The summed E-state index contributed by atoms with van der Waals surface area (Å²) in [6.07, 6.45) is 3.13. The maximum Gasteiger partial charge on any atom is 0.249 e. The summed E-state index contributed by atoms with van der Waals surface area (Å²) in [6.45, 7) is 1.54. The minimum Gasteiger partial charge on any atom is -0.364 e. The predicted octanol–water partition coefficient (Wildman–Crippen LogP) is 2.72. The predicted molar refractivity (Wildman–Crippen MR) is 112 cm³/mol. The number of nitrogens with zero attached hydrogens (tertiary/aromatic N) is 2. The summed E-state index contributed by atoms with van der Waals surface area (Å²) in [4.78, 5) is 12.5. The molecule has 1 amide bonds. The van der Waals surface area contributed by atoms with Gasteiger partial charge in [-0.1, -0.05) is 60.7 Å². The van der Waals surface area contributed by atoms with Crippen LogP contribution < -0.4 is 11.1 Å². The molecule has 1 fully saturated rings. The average Bonchev–Trinajstić information content (AvgIpc) is 3.40. The Labute approximate surface area is 170 Å². The second-order valence-electron chi connectivity index (χ2n) is 7.33. The summed E-state index contributed by atoms with van der Waals surface area (Å²) in [7, 11) is 0. The summed E-state index contributed by atoms with van der Waals surface area (Å²) in [5.41, 5.74) is 9.72. The third kappa shape index (κ3) is 4.72. The van der Waals surface area contributed by atoms with Crippen LogP contribution in [-0.2, 0) is 22.6 Å². The van der Waals surface area contributed by atoms with Gasteiger partial charge >= 0.3 is 0 Å². The number of amides is 1. The van der Waals surface area contributed by atoms with Crippen LogP contribution in [0.4, 0.5) is 0 Å². The lowest BCUT2D eigenvalue weighted by molar-refractivity contribution is -0.132. The highest BCUT2D eigenvalue weighted by Gasteiger charge is 2.29. The molecule has 0 saturated carbocycles. The van der Waals surface area contributed by atoms with E-state index in [9.17, 15) is 4.79 Å². The van der Waals surface area contributed by atoms with E-state index in [1.165, 1.54) is 5.56 Å². The van der Waals surface area contributed by atoms with E-state index in [1.54, 1.807) is 0 Å². The highest BCUT2D eigenvalue weighted by atomic mass is 16.5. The number of carbonyl (C=O) groups is 1. The third-order valence-electron chi connectivity index (χ3n) is 5.19. The van der Waals surface area contributed by atoms with Crippen molar-refractivity contribution in [2.75, 3.05) is 6.54 Å². The lowest BCUT2D eigenvalue weighted by atomic mass is 10.1. The molecule has 3 N–H and O–H groups in total. The van der Waals surface area contributed by atoms with Crippen molar-refractivity contribution in [3.63, 3.8) is 0 Å². The topological polar surface area (TPSA) is 82.2 Å². The number of rotatable bonds is 7. The standard InChI is InChI=1S/C23H26N4O2/c24-13-20-11-12-21(29-20)23(28)25-14-19-16-27(15-17-7-3-1-4-8-17)26-22(19)18-9-5-2-6-10-18/h1-10,16,20-21H,11-15,24H2,(H,25,28)/t20-,21+/m1/s1. The van der Waals surface area contributed by atoms with Crippen molar-refractivity contribution in [2.24, 2.45) is 5.73 Å². The van der Waals surface area contributed by atoms with Crippen LogP contribution in [0.2, 0.25) is 0 Å². The van der Waals surface area contributed by atoms with Gasteiger partial charge in [0, 0.05) is 30.4 Å². The van der Waals surface area contributed by atoms with Crippen LogP contribution in [0, 0.1) is 0 Å². The fourth-order valence-corrected chi connectivity index (χ4v) is 3.65. The highest BCUT2D eigenvalue weighted by Crippen LogP contribution is 2.23. The molecule has 6 nitrogen and oxygen atoms in total. The van der Waals surface area contributed by atoms with Gasteiger partial charge in [-0.3, -0.25) is 9.48 Å². The average molecular weight is 390 g/mol. The quantitative estimate of drug-likeness (QED) is 0.650. The fraction of sp³-hybridized carbons (Fsp3) is 0.304. The van der Waals surface area contributed by atoms with Crippen LogP contribution in [0.3, 0.4) is 0 Å². The molecule has 29 heavy (non-hydrogen) atoms. The van der Waals surface area contributed by atoms with Gasteiger partial charge < -0.3 is 15.8 Å². The van der Waals surface area contributed by atoms with Crippen molar-refractivity contribution < 1.29 is 9.53 Å². The molecule has 4 rings (SSSR count). The van der Waals surface area contributed by atoms with Crippen LogP contribution in [-0.4, -0.2) is 34.4 Å². The first kappa shape index (κ1) is 19.4. The largest absolute Gasteiger partial charge is 0.364 e. The Balaban J connectivity index is 1.51. The van der Waals surface area contributed by atoms with Crippen molar-refractivity contribution >= 4 is 5.91 Å². The minimum atomic E-state index is -0.414. The van der Waals surface area contributed by atoms with Gasteiger partial charge in [0.05, 0.1) is 18.3 Å². The van der Waals surface area contributed by atoms with Crippen molar-refractivity contribution in [1.82, 2.24) is 15.1 Å². The molecule has 0 radical (unpaired) electrons. The number of hydrogen-bond donors (Lipinski definition) is 2. The molecule has 1 aliphatic heterocycles. The molecule has 1 aromatic heterocycles. The summed E-state index contributed by atoms with van der Waals surface area (Å²) in [5.74, 6) is -0.0872. The second kappa shape index (κ2) is 9.03. The van der Waals surface area contributed by atoms with Crippen LogP contribution in [0.25, 0.3) is 11.3 Å². The SMILES string of the molecule is NC[C@H]1CC[C@@H](C(=O)NCc2cn(Cc3ccccc3)nc2-c2ccccc2)O1. The summed E-state index contributed by atoms with van der Waals surface area (Å²) in [6, 6.07) is 20.2. The Morgan fingerprint density at radius 3 is 2.52 bits per heavy atom. The Morgan fingerprint density at radius 2 is 1.83 bits per heavy atom. The third-order valence-corrected chi connectivity index (χ3v) is 5.19. The van der Waals surface area contributed by atoms with Gasteiger partial charge in [-0.05, 0) is 18.4 Å². The van der Waals surface area contributed by atoms with E-state index in [1.807, 2.05) is 59.4 Å². The first-order valence-corrected chi connectivity index (χ1v) is 10.0. The number of nitrogens with one attached hydrogen (secondary N) is 1. The van der Waals surface area contributed by atoms with Crippen molar-refractivity contribution in [3.05, 3.63) is 78.0 Å². The zero-order chi connectivity index (χ0) is 20.1. The summed E-state index contributed by atoms with van der Waals surface area (Å²) in [5, 5.41) is 7.81. The Morgan fingerprint density at radius 1 is 1.10 bits per heavy atom. The van der Waals surface area contributed by atoms with E-state index in [0.29, 0.717) is 26.1 Å². The molecular weight excluding hydrogens is 364 g/mol. The van der Waals surface area contributed by atoms with Crippen LogP contribution in [0.5, 0.6) is 0 Å². The molecule has 0 spiro atoms. The number of benzene rings is 2. The molecule has 2 atom stereocenters. The maximum atomic E-state index is 12.5. The number of ether oxygens (including phenoxy) is 1. The van der Waals surface area contributed by atoms with Gasteiger partial charge in [-0.15, -0.1) is 0 Å². The molecule has 150 valence electrons. The summed E-state index contributed by atoms with van der Waals surface area (Å²) < 4.78 is 7.63. The van der Waals surface area contributed by atoms with Crippen molar-refractivity contribution in [2.45, 2.75) is 38.1 Å². The molecule has 3 aromatic rings. The zero-order valence-corrected chi connectivity index (χ0v) is 16.3. The monoisotopic (exact) mass is 390 g/mol. The van der Waals surface area contributed by atoms with Gasteiger partial charge in [0.2, 0.25) is 5.91 Å². The number of hydrogen-bond acceptors (Lipinski definition) is 4. The Hall–Kier alpha value is -2.96. The second-order valence-corrected chi connectivity index (χ2v) is 7.33. The molecule has 0 bridgehead atoms. The van der Waals surface area contributed by atoms with E-state index in [4.69, 9.17) is 15.6 Å². The van der Waals surface area contributed by atoms with Gasteiger partial charge in [0.15, 0.2) is 0 Å².